The van der Waals surface area contributed by atoms with Crippen LogP contribution in [0.4, 0.5) is 11.6 Å². The first-order chi connectivity index (χ1) is 12.7. The minimum Gasteiger partial charge on any atom is -0.481 e. The zero-order chi connectivity index (χ0) is 17.9. The molecule has 2 aliphatic heterocycles. The Morgan fingerprint density at radius 2 is 2.04 bits per heavy atom. The molecule has 0 atom stereocenters. The molecule has 0 bridgehead atoms. The summed E-state index contributed by atoms with van der Waals surface area (Å²) in [7, 11) is 1.58. The highest BCUT2D eigenvalue weighted by Crippen LogP contribution is 2.34. The van der Waals surface area contributed by atoms with Crippen LogP contribution in [0.25, 0.3) is 0 Å². The average molecular weight is 356 g/mol. The number of nitrogens with zero attached hydrogens (tertiary/aromatic N) is 3. The Morgan fingerprint density at radius 1 is 1.23 bits per heavy atom. The van der Waals surface area contributed by atoms with Crippen LogP contribution in [0.5, 0.6) is 17.4 Å². The van der Waals surface area contributed by atoms with Crippen molar-refractivity contribution in [2.75, 3.05) is 37.2 Å². The number of hydrogen-bond donors (Lipinski definition) is 1. The van der Waals surface area contributed by atoms with Gasteiger partial charge in [0.05, 0.1) is 7.11 Å². The monoisotopic (exact) mass is 356 g/mol. The number of anilines is 2. The first-order valence-electron chi connectivity index (χ1n) is 8.55. The van der Waals surface area contributed by atoms with E-state index in [0.29, 0.717) is 23.3 Å². The van der Waals surface area contributed by atoms with Gasteiger partial charge in [-0.3, -0.25) is 4.79 Å². The largest absolute Gasteiger partial charge is 0.481 e. The Hall–Kier alpha value is -3.03. The lowest BCUT2D eigenvalue weighted by Gasteiger charge is -2.31. The van der Waals surface area contributed by atoms with Crippen LogP contribution < -0.4 is 24.4 Å². The Morgan fingerprint density at radius 3 is 2.85 bits per heavy atom. The summed E-state index contributed by atoms with van der Waals surface area (Å²) in [4.78, 5) is 23.3. The standard InChI is InChI=1S/C18H20N4O4/c1-24-16-4-7-19-18(21-16)22-8-5-12(6-9-22)17(23)20-13-2-3-14-15(10-13)26-11-25-14/h2-4,7,10,12H,5-6,8-9,11H2,1H3,(H,20,23). The van der Waals surface area contributed by atoms with Gasteiger partial charge in [-0.1, -0.05) is 0 Å². The summed E-state index contributed by atoms with van der Waals surface area (Å²) < 4.78 is 15.8. The number of hydrogen-bond acceptors (Lipinski definition) is 7. The van der Waals surface area contributed by atoms with Gasteiger partial charge in [0, 0.05) is 43.0 Å². The number of rotatable bonds is 4. The highest BCUT2D eigenvalue weighted by atomic mass is 16.7. The average Bonchev–Trinajstić information content (AvgIpc) is 3.16. The fourth-order valence-electron chi connectivity index (χ4n) is 3.16. The molecule has 2 aromatic rings. The van der Waals surface area contributed by atoms with E-state index in [4.69, 9.17) is 14.2 Å². The van der Waals surface area contributed by atoms with E-state index in [0.717, 1.165) is 31.6 Å². The van der Waals surface area contributed by atoms with Crippen molar-refractivity contribution in [1.29, 1.82) is 0 Å². The molecule has 1 N–H and O–H groups in total. The van der Waals surface area contributed by atoms with Gasteiger partial charge in [-0.15, -0.1) is 0 Å². The molecule has 1 amide bonds. The maximum Gasteiger partial charge on any atom is 0.231 e. The molecule has 1 aromatic carbocycles. The van der Waals surface area contributed by atoms with Gasteiger partial charge in [0.25, 0.3) is 0 Å². The lowest BCUT2D eigenvalue weighted by Crippen LogP contribution is -2.39. The number of ether oxygens (including phenoxy) is 3. The number of piperidine rings is 1. The Bertz CT molecular complexity index is 806. The predicted octanol–water partition coefficient (Wildman–Crippen LogP) is 2.07. The first-order valence-corrected chi connectivity index (χ1v) is 8.55. The molecule has 0 saturated carbocycles. The summed E-state index contributed by atoms with van der Waals surface area (Å²) >= 11 is 0. The van der Waals surface area contributed by atoms with Crippen LogP contribution >= 0.6 is 0 Å². The van der Waals surface area contributed by atoms with Crippen molar-refractivity contribution >= 4 is 17.5 Å². The Kier molecular flexibility index (Phi) is 4.47. The summed E-state index contributed by atoms with van der Waals surface area (Å²) in [5.74, 6) is 2.52. The fourth-order valence-corrected chi connectivity index (χ4v) is 3.16. The van der Waals surface area contributed by atoms with Gasteiger partial charge in [-0.05, 0) is 25.0 Å². The molecule has 0 spiro atoms. The smallest absolute Gasteiger partial charge is 0.231 e. The van der Waals surface area contributed by atoms with E-state index in [2.05, 4.69) is 20.2 Å². The van der Waals surface area contributed by atoms with E-state index in [-0.39, 0.29) is 18.6 Å². The predicted molar refractivity (Wildman–Crippen MR) is 94.7 cm³/mol. The maximum atomic E-state index is 12.6. The van der Waals surface area contributed by atoms with Crippen molar-refractivity contribution in [2.45, 2.75) is 12.8 Å². The Labute approximate surface area is 151 Å². The molecular weight excluding hydrogens is 336 g/mol. The molecule has 26 heavy (non-hydrogen) atoms. The zero-order valence-electron chi connectivity index (χ0n) is 14.5. The Balaban J connectivity index is 1.34. The van der Waals surface area contributed by atoms with Crippen LogP contribution in [0, 0.1) is 5.92 Å². The molecule has 4 rings (SSSR count). The first kappa shape index (κ1) is 16.4. The lowest BCUT2D eigenvalue weighted by molar-refractivity contribution is -0.120. The van der Waals surface area contributed by atoms with E-state index in [1.54, 1.807) is 31.5 Å². The van der Waals surface area contributed by atoms with Gasteiger partial charge in [0.2, 0.25) is 24.5 Å². The van der Waals surface area contributed by atoms with Crippen molar-refractivity contribution in [3.63, 3.8) is 0 Å². The number of amides is 1. The molecule has 3 heterocycles. The summed E-state index contributed by atoms with van der Waals surface area (Å²) in [6.45, 7) is 1.68. The van der Waals surface area contributed by atoms with Crippen molar-refractivity contribution < 1.29 is 19.0 Å². The van der Waals surface area contributed by atoms with E-state index in [9.17, 15) is 4.79 Å². The minimum absolute atomic E-state index is 0.0232. The molecule has 136 valence electrons. The van der Waals surface area contributed by atoms with Crippen molar-refractivity contribution in [3.8, 4) is 17.4 Å². The number of nitrogens with one attached hydrogen (secondary N) is 1. The highest BCUT2D eigenvalue weighted by Gasteiger charge is 2.26. The zero-order valence-corrected chi connectivity index (χ0v) is 14.5. The summed E-state index contributed by atoms with van der Waals surface area (Å²) in [6.07, 6.45) is 3.17. The molecule has 8 nitrogen and oxygen atoms in total. The summed E-state index contributed by atoms with van der Waals surface area (Å²) in [5, 5.41) is 2.97. The molecule has 0 aliphatic carbocycles. The molecule has 0 radical (unpaired) electrons. The van der Waals surface area contributed by atoms with Gasteiger partial charge in [-0.2, -0.15) is 4.98 Å². The molecule has 0 unspecified atom stereocenters. The molecule has 1 saturated heterocycles. The van der Waals surface area contributed by atoms with E-state index >= 15 is 0 Å². The van der Waals surface area contributed by atoms with Gasteiger partial charge < -0.3 is 24.4 Å². The van der Waals surface area contributed by atoms with Crippen LogP contribution in [0.1, 0.15) is 12.8 Å². The van der Waals surface area contributed by atoms with Crippen LogP contribution in [-0.4, -0.2) is 42.9 Å². The second kappa shape index (κ2) is 7.07. The van der Waals surface area contributed by atoms with Crippen LogP contribution in [0.2, 0.25) is 0 Å². The van der Waals surface area contributed by atoms with E-state index < -0.39 is 0 Å². The SMILES string of the molecule is COc1ccnc(N2CCC(C(=O)Nc3ccc4c(c3)OCO4)CC2)n1. The van der Waals surface area contributed by atoms with Crippen molar-refractivity contribution in [3.05, 3.63) is 30.5 Å². The fraction of sp³-hybridized carbons (Fsp3) is 0.389. The van der Waals surface area contributed by atoms with Crippen molar-refractivity contribution in [2.24, 2.45) is 5.92 Å². The minimum atomic E-state index is -0.0396. The lowest BCUT2D eigenvalue weighted by atomic mass is 9.96. The number of methoxy groups -OCH3 is 1. The maximum absolute atomic E-state index is 12.6. The quantitative estimate of drug-likeness (QED) is 0.897. The van der Waals surface area contributed by atoms with Crippen LogP contribution in [0.15, 0.2) is 30.5 Å². The third-order valence-electron chi connectivity index (χ3n) is 4.62. The summed E-state index contributed by atoms with van der Waals surface area (Å²) in [5.41, 5.74) is 0.720. The topological polar surface area (TPSA) is 85.8 Å². The second-order valence-corrected chi connectivity index (χ2v) is 6.22. The third-order valence-corrected chi connectivity index (χ3v) is 4.62. The van der Waals surface area contributed by atoms with Gasteiger partial charge in [0.15, 0.2) is 11.5 Å². The number of carbonyl (C=O) groups excluding carboxylic acids is 1. The van der Waals surface area contributed by atoms with E-state index in [1.807, 2.05) is 6.07 Å². The van der Waals surface area contributed by atoms with Crippen molar-refractivity contribution in [1.82, 2.24) is 9.97 Å². The van der Waals surface area contributed by atoms with Crippen LogP contribution in [0.3, 0.4) is 0 Å². The van der Waals surface area contributed by atoms with Gasteiger partial charge >= 0.3 is 0 Å². The van der Waals surface area contributed by atoms with Crippen LogP contribution in [-0.2, 0) is 4.79 Å². The number of fused-ring (bicyclic) bond motifs is 1. The molecule has 1 aromatic heterocycles. The molecular formula is C18H20N4O4. The normalized spacial score (nSPS) is 16.4. The molecule has 8 heteroatoms. The number of aromatic nitrogens is 2. The van der Waals surface area contributed by atoms with Gasteiger partial charge in [0.1, 0.15) is 0 Å². The van der Waals surface area contributed by atoms with Gasteiger partial charge in [-0.25, -0.2) is 4.98 Å². The number of benzene rings is 1. The highest BCUT2D eigenvalue weighted by molar-refractivity contribution is 5.93. The third kappa shape index (κ3) is 3.35. The number of carbonyl (C=O) groups is 1. The van der Waals surface area contributed by atoms with E-state index in [1.165, 1.54) is 0 Å². The molecule has 2 aliphatic rings. The second-order valence-electron chi connectivity index (χ2n) is 6.22. The summed E-state index contributed by atoms with van der Waals surface area (Å²) in [6, 6.07) is 7.14. The molecule has 1 fully saturated rings.